The smallest absolute Gasteiger partial charge is 0.238 e. The minimum atomic E-state index is -0.337. The van der Waals surface area contributed by atoms with Crippen LogP contribution in [0.25, 0.3) is 0 Å². The summed E-state index contributed by atoms with van der Waals surface area (Å²) < 4.78 is 13.2. The van der Waals surface area contributed by atoms with Crippen molar-refractivity contribution in [3.63, 3.8) is 0 Å². The molecular formula is C16H24FN3O. The van der Waals surface area contributed by atoms with E-state index in [1.54, 1.807) is 6.07 Å². The molecule has 1 heterocycles. The molecular weight excluding hydrogens is 269 g/mol. The molecule has 1 aliphatic heterocycles. The predicted octanol–water partition coefficient (Wildman–Crippen LogP) is 2.15. The zero-order valence-corrected chi connectivity index (χ0v) is 12.8. The molecule has 2 N–H and O–H groups in total. The van der Waals surface area contributed by atoms with Crippen LogP contribution in [0.4, 0.5) is 10.1 Å². The number of aryl methyl sites for hydroxylation is 1. The van der Waals surface area contributed by atoms with Gasteiger partial charge in [0.2, 0.25) is 5.91 Å². The average molecular weight is 293 g/mol. The van der Waals surface area contributed by atoms with Crippen molar-refractivity contribution in [2.24, 2.45) is 0 Å². The van der Waals surface area contributed by atoms with E-state index in [0.717, 1.165) is 25.1 Å². The zero-order valence-electron chi connectivity index (χ0n) is 12.8. The van der Waals surface area contributed by atoms with Crippen LogP contribution in [0, 0.1) is 12.7 Å². The highest BCUT2D eigenvalue weighted by atomic mass is 19.1. The number of benzene rings is 1. The van der Waals surface area contributed by atoms with E-state index in [0.29, 0.717) is 18.3 Å². The summed E-state index contributed by atoms with van der Waals surface area (Å²) in [5, 5.41) is 6.24. The van der Waals surface area contributed by atoms with Crippen LogP contribution in [0.2, 0.25) is 0 Å². The molecule has 1 saturated heterocycles. The first-order chi connectivity index (χ1) is 10.0. The Kier molecular flexibility index (Phi) is 5.70. The molecule has 0 aromatic heterocycles. The lowest BCUT2D eigenvalue weighted by Crippen LogP contribution is -2.44. The molecule has 1 unspecified atom stereocenters. The van der Waals surface area contributed by atoms with Gasteiger partial charge in [0.1, 0.15) is 5.82 Å². The maximum atomic E-state index is 13.2. The summed E-state index contributed by atoms with van der Waals surface area (Å²) >= 11 is 0. The van der Waals surface area contributed by atoms with Crippen molar-refractivity contribution < 1.29 is 9.18 Å². The monoisotopic (exact) mass is 293 g/mol. The number of halogens is 1. The lowest BCUT2D eigenvalue weighted by molar-refractivity contribution is -0.117. The molecule has 0 spiro atoms. The molecule has 4 nitrogen and oxygen atoms in total. The Labute approximate surface area is 125 Å². The van der Waals surface area contributed by atoms with Crippen molar-refractivity contribution >= 4 is 11.6 Å². The number of amides is 1. The van der Waals surface area contributed by atoms with Crippen molar-refractivity contribution in [3.05, 3.63) is 29.6 Å². The predicted molar refractivity (Wildman–Crippen MR) is 82.9 cm³/mol. The summed E-state index contributed by atoms with van der Waals surface area (Å²) in [6.45, 7) is 4.08. The zero-order chi connectivity index (χ0) is 15.2. The van der Waals surface area contributed by atoms with Crippen LogP contribution in [-0.2, 0) is 4.79 Å². The largest absolute Gasteiger partial charge is 0.325 e. The van der Waals surface area contributed by atoms with Gasteiger partial charge in [-0.05, 0) is 51.1 Å². The maximum absolute atomic E-state index is 13.2. The minimum absolute atomic E-state index is 0.109. The highest BCUT2D eigenvalue weighted by Gasteiger charge is 2.16. The van der Waals surface area contributed by atoms with E-state index in [1.165, 1.54) is 25.0 Å². The van der Waals surface area contributed by atoms with Gasteiger partial charge in [0, 0.05) is 18.3 Å². The molecule has 21 heavy (non-hydrogen) atoms. The molecule has 2 rings (SSSR count). The lowest BCUT2D eigenvalue weighted by atomic mass is 10.0. The third kappa shape index (κ3) is 5.10. The van der Waals surface area contributed by atoms with E-state index in [2.05, 4.69) is 10.6 Å². The standard InChI is InChI=1S/C16H24FN3O/c1-12-6-7-13(17)9-15(12)19-16(21)11-20(2)10-14-5-3-4-8-18-14/h6-7,9,14,18H,3-5,8,10-11H2,1-2H3,(H,19,21). The third-order valence-corrected chi connectivity index (χ3v) is 3.83. The summed E-state index contributed by atoms with van der Waals surface area (Å²) in [5.74, 6) is -0.447. The molecule has 1 fully saturated rings. The van der Waals surface area contributed by atoms with Gasteiger partial charge in [-0.1, -0.05) is 12.5 Å². The van der Waals surface area contributed by atoms with Gasteiger partial charge in [-0.15, -0.1) is 0 Å². The van der Waals surface area contributed by atoms with Gasteiger partial charge in [-0.25, -0.2) is 4.39 Å². The molecule has 1 aromatic rings. The first kappa shape index (κ1) is 15.9. The van der Waals surface area contributed by atoms with Gasteiger partial charge in [0.05, 0.1) is 6.54 Å². The molecule has 116 valence electrons. The lowest BCUT2D eigenvalue weighted by Gasteiger charge is -2.27. The van der Waals surface area contributed by atoms with E-state index >= 15 is 0 Å². The van der Waals surface area contributed by atoms with E-state index in [9.17, 15) is 9.18 Å². The molecule has 0 bridgehead atoms. The second kappa shape index (κ2) is 7.52. The Morgan fingerprint density at radius 2 is 2.29 bits per heavy atom. The summed E-state index contributed by atoms with van der Waals surface area (Å²) in [6.07, 6.45) is 3.65. The van der Waals surface area contributed by atoms with Crippen molar-refractivity contribution in [2.45, 2.75) is 32.2 Å². The Bertz CT molecular complexity index is 486. The van der Waals surface area contributed by atoms with Crippen LogP contribution in [0.5, 0.6) is 0 Å². The summed E-state index contributed by atoms with van der Waals surface area (Å²) in [5.41, 5.74) is 1.41. The van der Waals surface area contributed by atoms with Gasteiger partial charge >= 0.3 is 0 Å². The molecule has 0 radical (unpaired) electrons. The number of nitrogens with zero attached hydrogens (tertiary/aromatic N) is 1. The fraction of sp³-hybridized carbons (Fsp3) is 0.562. The average Bonchev–Trinajstić information content (AvgIpc) is 2.43. The quantitative estimate of drug-likeness (QED) is 0.874. The van der Waals surface area contributed by atoms with Gasteiger partial charge < -0.3 is 10.6 Å². The van der Waals surface area contributed by atoms with Crippen LogP contribution in [0.1, 0.15) is 24.8 Å². The molecule has 5 heteroatoms. The second-order valence-corrected chi connectivity index (χ2v) is 5.85. The Hall–Kier alpha value is -1.46. The number of rotatable bonds is 5. The van der Waals surface area contributed by atoms with E-state index < -0.39 is 0 Å². The van der Waals surface area contributed by atoms with Gasteiger partial charge in [0.25, 0.3) is 0 Å². The number of piperidine rings is 1. The fourth-order valence-corrected chi connectivity index (χ4v) is 2.68. The highest BCUT2D eigenvalue weighted by molar-refractivity contribution is 5.92. The number of likely N-dealkylation sites (N-methyl/N-ethyl adjacent to an activating group) is 1. The SMILES string of the molecule is Cc1ccc(F)cc1NC(=O)CN(C)CC1CCCCN1. The highest BCUT2D eigenvalue weighted by Crippen LogP contribution is 2.16. The van der Waals surface area contributed by atoms with E-state index in [1.807, 2.05) is 18.9 Å². The molecule has 1 aromatic carbocycles. The van der Waals surface area contributed by atoms with Crippen LogP contribution >= 0.6 is 0 Å². The van der Waals surface area contributed by atoms with Gasteiger partial charge in [-0.3, -0.25) is 9.69 Å². The fourth-order valence-electron chi connectivity index (χ4n) is 2.68. The molecule has 1 aliphatic rings. The number of anilines is 1. The normalized spacial score (nSPS) is 18.8. The summed E-state index contributed by atoms with van der Waals surface area (Å²) in [7, 11) is 1.94. The van der Waals surface area contributed by atoms with Crippen molar-refractivity contribution in [1.82, 2.24) is 10.2 Å². The minimum Gasteiger partial charge on any atom is -0.325 e. The number of hydrogen-bond donors (Lipinski definition) is 2. The first-order valence-electron chi connectivity index (χ1n) is 7.52. The maximum Gasteiger partial charge on any atom is 0.238 e. The topological polar surface area (TPSA) is 44.4 Å². The number of nitrogens with one attached hydrogen (secondary N) is 2. The van der Waals surface area contributed by atoms with E-state index in [-0.39, 0.29) is 11.7 Å². The van der Waals surface area contributed by atoms with Gasteiger partial charge in [-0.2, -0.15) is 0 Å². The van der Waals surface area contributed by atoms with Crippen molar-refractivity contribution in [2.75, 3.05) is 32.0 Å². The summed E-state index contributed by atoms with van der Waals surface area (Å²) in [4.78, 5) is 14.0. The van der Waals surface area contributed by atoms with E-state index in [4.69, 9.17) is 0 Å². The summed E-state index contributed by atoms with van der Waals surface area (Å²) in [6, 6.07) is 4.88. The number of carbonyl (C=O) groups excluding carboxylic acids is 1. The third-order valence-electron chi connectivity index (χ3n) is 3.83. The number of hydrogen-bond acceptors (Lipinski definition) is 3. The van der Waals surface area contributed by atoms with Gasteiger partial charge in [0.15, 0.2) is 0 Å². The van der Waals surface area contributed by atoms with Crippen LogP contribution in [0.3, 0.4) is 0 Å². The molecule has 0 saturated carbocycles. The number of carbonyl (C=O) groups is 1. The molecule has 0 aliphatic carbocycles. The Balaban J connectivity index is 1.81. The molecule has 1 atom stereocenters. The van der Waals surface area contributed by atoms with Crippen molar-refractivity contribution in [3.8, 4) is 0 Å². The Morgan fingerprint density at radius 1 is 1.48 bits per heavy atom. The van der Waals surface area contributed by atoms with Crippen LogP contribution < -0.4 is 10.6 Å². The van der Waals surface area contributed by atoms with Crippen molar-refractivity contribution in [1.29, 1.82) is 0 Å². The Morgan fingerprint density at radius 3 is 3.00 bits per heavy atom. The second-order valence-electron chi connectivity index (χ2n) is 5.85. The molecule has 1 amide bonds. The first-order valence-corrected chi connectivity index (χ1v) is 7.52. The van der Waals surface area contributed by atoms with Crippen LogP contribution in [-0.4, -0.2) is 43.5 Å². The van der Waals surface area contributed by atoms with Crippen LogP contribution in [0.15, 0.2) is 18.2 Å².